The van der Waals surface area contributed by atoms with Crippen molar-refractivity contribution in [3.63, 3.8) is 0 Å². The third-order valence-electron chi connectivity index (χ3n) is 5.97. The van der Waals surface area contributed by atoms with Gasteiger partial charge in [-0.1, -0.05) is 31.2 Å². The van der Waals surface area contributed by atoms with Crippen LogP contribution in [0.2, 0.25) is 0 Å². The van der Waals surface area contributed by atoms with Crippen LogP contribution in [0.3, 0.4) is 0 Å². The third-order valence-corrected chi connectivity index (χ3v) is 5.97. The number of hydrogen-bond donors (Lipinski definition) is 3. The molecule has 1 heterocycles. The molecule has 0 unspecified atom stereocenters. The van der Waals surface area contributed by atoms with Crippen molar-refractivity contribution in [3.8, 4) is 0 Å². The highest BCUT2D eigenvalue weighted by Gasteiger charge is 2.15. The van der Waals surface area contributed by atoms with Crippen molar-refractivity contribution in [1.82, 2.24) is 16.0 Å². The Bertz CT molecular complexity index is 885. The number of nitrogens with zero attached hydrogens (tertiary/aromatic N) is 2. The first kappa shape index (κ1) is 23.6. The molecule has 6 nitrogen and oxygen atoms in total. The molecule has 1 aliphatic heterocycles. The Labute approximate surface area is 192 Å². The van der Waals surface area contributed by atoms with Gasteiger partial charge in [-0.2, -0.15) is 0 Å². The topological polar surface area (TPSA) is 68.8 Å². The molecule has 0 aromatic heterocycles. The van der Waals surface area contributed by atoms with Crippen LogP contribution in [0.15, 0.2) is 53.5 Å². The van der Waals surface area contributed by atoms with E-state index in [9.17, 15) is 4.79 Å². The Balaban J connectivity index is 1.52. The molecule has 1 saturated heterocycles. The van der Waals surface area contributed by atoms with Crippen molar-refractivity contribution in [2.75, 3.05) is 38.1 Å². The number of aliphatic imine (C=N–C) groups is 1. The van der Waals surface area contributed by atoms with Gasteiger partial charge in [-0.3, -0.25) is 4.79 Å². The number of benzene rings is 2. The normalized spacial score (nSPS) is 14.8. The number of anilines is 1. The molecule has 172 valence electrons. The maximum absolute atomic E-state index is 11.8. The van der Waals surface area contributed by atoms with Gasteiger partial charge in [0.1, 0.15) is 0 Å². The molecular weight excluding hydrogens is 398 g/mol. The van der Waals surface area contributed by atoms with Gasteiger partial charge in [0.25, 0.3) is 5.91 Å². The zero-order valence-corrected chi connectivity index (χ0v) is 19.7. The Morgan fingerprint density at radius 2 is 1.81 bits per heavy atom. The van der Waals surface area contributed by atoms with Crippen molar-refractivity contribution in [1.29, 1.82) is 0 Å². The summed E-state index contributed by atoms with van der Waals surface area (Å²) in [4.78, 5) is 19.0. The van der Waals surface area contributed by atoms with Crippen LogP contribution in [-0.4, -0.2) is 45.1 Å². The lowest BCUT2D eigenvalue weighted by molar-refractivity contribution is 0.0963. The van der Waals surface area contributed by atoms with Crippen LogP contribution in [0.5, 0.6) is 0 Å². The van der Waals surface area contributed by atoms with Crippen molar-refractivity contribution in [2.24, 2.45) is 10.9 Å². The fourth-order valence-electron chi connectivity index (χ4n) is 3.93. The Morgan fingerprint density at radius 3 is 2.50 bits per heavy atom. The fourth-order valence-corrected chi connectivity index (χ4v) is 3.93. The van der Waals surface area contributed by atoms with Crippen LogP contribution < -0.4 is 20.9 Å². The van der Waals surface area contributed by atoms with Crippen LogP contribution in [0.4, 0.5) is 5.69 Å². The molecule has 32 heavy (non-hydrogen) atoms. The van der Waals surface area contributed by atoms with Crippen LogP contribution in [0.1, 0.15) is 48.2 Å². The first-order valence-corrected chi connectivity index (χ1v) is 11.8. The number of carbonyl (C=O) groups excluding carboxylic acids is 1. The van der Waals surface area contributed by atoms with Gasteiger partial charge in [0.15, 0.2) is 5.96 Å². The number of carbonyl (C=O) groups is 1. The van der Waals surface area contributed by atoms with Gasteiger partial charge in [-0.15, -0.1) is 0 Å². The van der Waals surface area contributed by atoms with E-state index in [1.165, 1.54) is 24.1 Å². The van der Waals surface area contributed by atoms with Gasteiger partial charge < -0.3 is 20.9 Å². The van der Waals surface area contributed by atoms with E-state index < -0.39 is 0 Å². The first-order chi connectivity index (χ1) is 15.6. The van der Waals surface area contributed by atoms with Crippen LogP contribution in [0, 0.1) is 5.92 Å². The highest BCUT2D eigenvalue weighted by molar-refractivity contribution is 5.94. The minimum Gasteiger partial charge on any atom is -0.372 e. The van der Waals surface area contributed by atoms with Crippen molar-refractivity contribution >= 4 is 17.6 Å². The predicted octanol–water partition coefficient (Wildman–Crippen LogP) is 3.58. The molecule has 2 aromatic rings. The smallest absolute Gasteiger partial charge is 0.251 e. The Kier molecular flexibility index (Phi) is 8.96. The molecular formula is C26H37N5O. The second-order valence-corrected chi connectivity index (χ2v) is 8.49. The minimum atomic E-state index is -0.0597. The van der Waals surface area contributed by atoms with Gasteiger partial charge >= 0.3 is 0 Å². The predicted molar refractivity (Wildman–Crippen MR) is 133 cm³/mol. The Morgan fingerprint density at radius 1 is 1.06 bits per heavy atom. The summed E-state index contributed by atoms with van der Waals surface area (Å²) < 4.78 is 0. The van der Waals surface area contributed by atoms with Gasteiger partial charge in [0, 0.05) is 44.5 Å². The first-order valence-electron chi connectivity index (χ1n) is 11.8. The molecule has 1 aliphatic rings. The molecule has 2 aromatic carbocycles. The molecule has 1 amide bonds. The molecule has 0 atom stereocenters. The average molecular weight is 436 g/mol. The largest absolute Gasteiger partial charge is 0.372 e. The van der Waals surface area contributed by atoms with Crippen molar-refractivity contribution in [3.05, 3.63) is 65.2 Å². The lowest BCUT2D eigenvalue weighted by atomic mass is 9.99. The molecule has 0 radical (unpaired) electrons. The van der Waals surface area contributed by atoms with E-state index in [0.29, 0.717) is 12.1 Å². The molecule has 0 aliphatic carbocycles. The third kappa shape index (κ3) is 7.01. The second-order valence-electron chi connectivity index (χ2n) is 8.49. The monoisotopic (exact) mass is 435 g/mol. The van der Waals surface area contributed by atoms with Crippen LogP contribution >= 0.6 is 0 Å². The van der Waals surface area contributed by atoms with Gasteiger partial charge in [-0.05, 0) is 67.5 Å². The van der Waals surface area contributed by atoms with Crippen LogP contribution in [0.25, 0.3) is 0 Å². The second kappa shape index (κ2) is 12.1. The number of nitrogens with one attached hydrogen (secondary N) is 3. The average Bonchev–Trinajstić information content (AvgIpc) is 2.83. The maximum Gasteiger partial charge on any atom is 0.251 e. The highest BCUT2D eigenvalue weighted by atomic mass is 16.1. The number of hydrogen-bond acceptors (Lipinski definition) is 3. The van der Waals surface area contributed by atoms with E-state index in [0.717, 1.165) is 50.0 Å². The lowest BCUT2D eigenvalue weighted by Crippen LogP contribution is -2.38. The molecule has 0 spiro atoms. The van der Waals surface area contributed by atoms with Gasteiger partial charge in [-0.25, -0.2) is 4.99 Å². The SMILES string of the molecule is CCNC(=NCc1ccc(N2CCC(C)CC2)cc1)NCCc1cccc(C(=O)NC)c1. The summed E-state index contributed by atoms with van der Waals surface area (Å²) >= 11 is 0. The summed E-state index contributed by atoms with van der Waals surface area (Å²) in [6.07, 6.45) is 3.37. The fraction of sp³-hybridized carbons (Fsp3) is 0.462. The number of amides is 1. The summed E-state index contributed by atoms with van der Waals surface area (Å²) in [7, 11) is 1.65. The molecule has 1 fully saturated rings. The van der Waals surface area contributed by atoms with Gasteiger partial charge in [0.2, 0.25) is 0 Å². The molecule has 0 saturated carbocycles. The summed E-state index contributed by atoms with van der Waals surface area (Å²) in [6, 6.07) is 16.6. The van der Waals surface area contributed by atoms with Crippen LogP contribution in [-0.2, 0) is 13.0 Å². The summed E-state index contributed by atoms with van der Waals surface area (Å²) in [5.74, 6) is 1.59. The molecule has 3 N–H and O–H groups in total. The quantitative estimate of drug-likeness (QED) is 0.438. The number of rotatable bonds is 8. The maximum atomic E-state index is 11.8. The zero-order chi connectivity index (χ0) is 22.8. The Hall–Kier alpha value is -3.02. The molecule has 0 bridgehead atoms. The van der Waals surface area contributed by atoms with Crippen molar-refractivity contribution in [2.45, 2.75) is 39.7 Å². The van der Waals surface area contributed by atoms with E-state index in [1.807, 2.05) is 24.3 Å². The standard InChI is InChI=1S/C26H37N5O/c1-4-28-26(29-15-12-21-6-5-7-23(18-21)25(32)27-3)30-19-22-8-10-24(11-9-22)31-16-13-20(2)14-17-31/h5-11,18,20H,4,12-17,19H2,1-3H3,(H,27,32)(H2,28,29,30). The van der Waals surface area contributed by atoms with Crippen molar-refractivity contribution < 1.29 is 4.79 Å². The summed E-state index contributed by atoms with van der Waals surface area (Å²) in [5.41, 5.74) is 4.33. The highest BCUT2D eigenvalue weighted by Crippen LogP contribution is 2.23. The molecule has 6 heteroatoms. The minimum absolute atomic E-state index is 0.0597. The molecule has 3 rings (SSSR count). The van der Waals surface area contributed by atoms with E-state index in [4.69, 9.17) is 4.99 Å². The van der Waals surface area contributed by atoms with E-state index in [-0.39, 0.29) is 5.91 Å². The zero-order valence-electron chi connectivity index (χ0n) is 19.7. The number of guanidine groups is 1. The summed E-state index contributed by atoms with van der Waals surface area (Å²) in [6.45, 7) is 8.91. The van der Waals surface area contributed by atoms with E-state index >= 15 is 0 Å². The number of piperidine rings is 1. The lowest BCUT2D eigenvalue weighted by Gasteiger charge is -2.32. The van der Waals surface area contributed by atoms with Gasteiger partial charge in [0.05, 0.1) is 6.54 Å². The van der Waals surface area contributed by atoms with E-state index in [2.05, 4.69) is 59.0 Å². The van der Waals surface area contributed by atoms with E-state index in [1.54, 1.807) is 7.05 Å². The summed E-state index contributed by atoms with van der Waals surface area (Å²) in [5, 5.41) is 9.38.